The van der Waals surface area contributed by atoms with E-state index < -0.39 is 0 Å². The number of hydrogen-bond donors (Lipinski definition) is 0. The topological polar surface area (TPSA) is 29.4 Å². The number of nitrogens with zero attached hydrogens (tertiary/aromatic N) is 1. The molecule has 0 atom stereocenters. The van der Waals surface area contributed by atoms with Crippen molar-refractivity contribution in [2.75, 3.05) is 6.54 Å². The average molecular weight is 247 g/mol. The number of hydrogen-bond acceptors (Lipinski definition) is 2. The maximum absolute atomic E-state index is 11.6. The van der Waals surface area contributed by atoms with E-state index in [0.717, 1.165) is 22.4 Å². The molecular weight excluding hydrogens is 234 g/mol. The minimum atomic E-state index is 0.0542. The lowest BCUT2D eigenvalue weighted by molar-refractivity contribution is -0.113. The molecule has 1 heterocycles. The van der Waals surface area contributed by atoms with Crippen LogP contribution in [0, 0.1) is 0 Å². The van der Waals surface area contributed by atoms with E-state index in [1.165, 1.54) is 0 Å². The summed E-state index contributed by atoms with van der Waals surface area (Å²) in [6.45, 7) is 0.237. The highest BCUT2D eigenvalue weighted by molar-refractivity contribution is 6.36. The fourth-order valence-electron chi connectivity index (χ4n) is 2.20. The van der Waals surface area contributed by atoms with Crippen LogP contribution in [0.2, 0.25) is 0 Å². The van der Waals surface area contributed by atoms with Crippen molar-refractivity contribution in [2.24, 2.45) is 4.99 Å². The Balaban J connectivity index is 2.09. The minimum absolute atomic E-state index is 0.0542. The van der Waals surface area contributed by atoms with Gasteiger partial charge in [-0.1, -0.05) is 60.7 Å². The fraction of sp³-hybridized carbons (Fsp3) is 0.0588. The summed E-state index contributed by atoms with van der Waals surface area (Å²) < 4.78 is 0. The summed E-state index contributed by atoms with van der Waals surface area (Å²) in [7, 11) is 0. The maximum atomic E-state index is 11.6. The molecule has 0 saturated carbocycles. The number of allylic oxidation sites excluding steroid dienone is 1. The summed E-state index contributed by atoms with van der Waals surface area (Å²) in [4.78, 5) is 16.1. The lowest BCUT2D eigenvalue weighted by atomic mass is 9.93. The summed E-state index contributed by atoms with van der Waals surface area (Å²) in [5.74, 6) is 0.0542. The van der Waals surface area contributed by atoms with Crippen LogP contribution in [0.4, 0.5) is 0 Å². The van der Waals surface area contributed by atoms with Crippen LogP contribution < -0.4 is 0 Å². The van der Waals surface area contributed by atoms with E-state index in [4.69, 9.17) is 0 Å². The number of carbonyl (C=O) groups is 1. The standard InChI is InChI=1S/C17H13NO/c19-15-11-16(13-7-3-1-4-8-13)17(18-12-15)14-9-5-2-6-10-14/h1-11H,12H2. The number of benzene rings is 2. The Hall–Kier alpha value is -2.48. The van der Waals surface area contributed by atoms with E-state index in [9.17, 15) is 4.79 Å². The Bertz CT molecular complexity index is 654. The Labute approximate surface area is 112 Å². The molecule has 0 radical (unpaired) electrons. The third kappa shape index (κ3) is 2.38. The first-order valence-corrected chi connectivity index (χ1v) is 6.25. The van der Waals surface area contributed by atoms with Gasteiger partial charge in [-0.3, -0.25) is 9.79 Å². The number of dihydropyridines is 1. The van der Waals surface area contributed by atoms with E-state index >= 15 is 0 Å². The lowest BCUT2D eigenvalue weighted by Gasteiger charge is -2.15. The lowest BCUT2D eigenvalue weighted by Crippen LogP contribution is -2.15. The van der Waals surface area contributed by atoms with Gasteiger partial charge in [0.05, 0.1) is 5.71 Å². The quantitative estimate of drug-likeness (QED) is 0.801. The van der Waals surface area contributed by atoms with Crippen molar-refractivity contribution < 1.29 is 4.79 Å². The van der Waals surface area contributed by atoms with Gasteiger partial charge in [0.25, 0.3) is 0 Å². The smallest absolute Gasteiger partial charge is 0.177 e. The molecule has 1 aliphatic heterocycles. The molecule has 0 aliphatic carbocycles. The molecule has 0 amide bonds. The number of ketones is 1. The average Bonchev–Trinajstić information content (AvgIpc) is 2.49. The number of aliphatic imine (C=N–C) groups is 1. The molecular formula is C17H13NO. The molecule has 19 heavy (non-hydrogen) atoms. The van der Waals surface area contributed by atoms with Crippen molar-refractivity contribution >= 4 is 17.1 Å². The predicted molar refractivity (Wildman–Crippen MR) is 77.3 cm³/mol. The third-order valence-corrected chi connectivity index (χ3v) is 3.09. The SMILES string of the molecule is O=C1C=C(c2ccccc2)C(c2ccccc2)=NC1. The van der Waals surface area contributed by atoms with Gasteiger partial charge < -0.3 is 0 Å². The van der Waals surface area contributed by atoms with Gasteiger partial charge in [0.2, 0.25) is 0 Å². The van der Waals surface area contributed by atoms with Gasteiger partial charge in [-0.15, -0.1) is 0 Å². The van der Waals surface area contributed by atoms with Gasteiger partial charge in [0.1, 0.15) is 6.54 Å². The third-order valence-electron chi connectivity index (χ3n) is 3.09. The largest absolute Gasteiger partial charge is 0.293 e. The zero-order chi connectivity index (χ0) is 13.1. The van der Waals surface area contributed by atoms with Crippen LogP contribution in [0.1, 0.15) is 11.1 Å². The molecule has 2 heteroatoms. The molecule has 2 aromatic carbocycles. The molecule has 2 aromatic rings. The monoisotopic (exact) mass is 247 g/mol. The maximum Gasteiger partial charge on any atom is 0.177 e. The number of carbonyl (C=O) groups excluding carboxylic acids is 1. The van der Waals surface area contributed by atoms with Gasteiger partial charge in [-0.25, -0.2) is 0 Å². The molecule has 0 N–H and O–H groups in total. The Morgan fingerprint density at radius 3 is 2.00 bits per heavy atom. The van der Waals surface area contributed by atoms with Gasteiger partial charge in [0, 0.05) is 11.1 Å². The van der Waals surface area contributed by atoms with Crippen molar-refractivity contribution in [3.8, 4) is 0 Å². The molecule has 0 spiro atoms. The first kappa shape index (κ1) is 11.6. The van der Waals surface area contributed by atoms with Crippen molar-refractivity contribution in [1.82, 2.24) is 0 Å². The first-order chi connectivity index (χ1) is 9.34. The molecule has 0 fully saturated rings. The van der Waals surface area contributed by atoms with Gasteiger partial charge in [-0.05, 0) is 11.6 Å². The second-order valence-electron chi connectivity index (χ2n) is 4.42. The molecule has 92 valence electrons. The fourth-order valence-corrected chi connectivity index (χ4v) is 2.20. The summed E-state index contributed by atoms with van der Waals surface area (Å²) in [6.07, 6.45) is 1.70. The van der Waals surface area contributed by atoms with Gasteiger partial charge in [-0.2, -0.15) is 0 Å². The summed E-state index contributed by atoms with van der Waals surface area (Å²) in [5, 5.41) is 0. The first-order valence-electron chi connectivity index (χ1n) is 6.25. The summed E-state index contributed by atoms with van der Waals surface area (Å²) >= 11 is 0. The van der Waals surface area contributed by atoms with Crippen LogP contribution in [0.25, 0.3) is 5.57 Å². The highest BCUT2D eigenvalue weighted by atomic mass is 16.1. The molecule has 0 bridgehead atoms. The Morgan fingerprint density at radius 1 is 0.789 bits per heavy atom. The molecule has 1 aliphatic rings. The van der Waals surface area contributed by atoms with E-state index in [1.807, 2.05) is 60.7 Å². The normalized spacial score (nSPS) is 14.8. The number of rotatable bonds is 2. The van der Waals surface area contributed by atoms with E-state index in [-0.39, 0.29) is 12.3 Å². The van der Waals surface area contributed by atoms with Gasteiger partial charge in [0.15, 0.2) is 5.78 Å². The van der Waals surface area contributed by atoms with Crippen LogP contribution in [-0.4, -0.2) is 18.0 Å². The molecule has 0 aromatic heterocycles. The van der Waals surface area contributed by atoms with E-state index in [1.54, 1.807) is 6.08 Å². The van der Waals surface area contributed by atoms with Crippen molar-refractivity contribution in [1.29, 1.82) is 0 Å². The summed E-state index contributed by atoms with van der Waals surface area (Å²) in [6, 6.07) is 19.9. The van der Waals surface area contributed by atoms with Crippen LogP contribution >= 0.6 is 0 Å². The zero-order valence-corrected chi connectivity index (χ0v) is 10.4. The van der Waals surface area contributed by atoms with Crippen LogP contribution in [0.15, 0.2) is 71.7 Å². The van der Waals surface area contributed by atoms with Crippen molar-refractivity contribution in [3.63, 3.8) is 0 Å². The molecule has 0 saturated heterocycles. The Morgan fingerprint density at radius 2 is 1.37 bits per heavy atom. The Kier molecular flexibility index (Phi) is 3.07. The molecule has 2 nitrogen and oxygen atoms in total. The highest BCUT2D eigenvalue weighted by Crippen LogP contribution is 2.23. The summed E-state index contributed by atoms with van der Waals surface area (Å²) in [5.41, 5.74) is 3.87. The van der Waals surface area contributed by atoms with E-state index in [2.05, 4.69) is 4.99 Å². The zero-order valence-electron chi connectivity index (χ0n) is 10.4. The minimum Gasteiger partial charge on any atom is -0.293 e. The molecule has 0 unspecified atom stereocenters. The van der Waals surface area contributed by atoms with Crippen LogP contribution in [0.5, 0.6) is 0 Å². The predicted octanol–water partition coefficient (Wildman–Crippen LogP) is 3.14. The second kappa shape index (κ2) is 5.02. The molecule has 3 rings (SSSR count). The second-order valence-corrected chi connectivity index (χ2v) is 4.42. The highest BCUT2D eigenvalue weighted by Gasteiger charge is 2.17. The van der Waals surface area contributed by atoms with Crippen LogP contribution in [-0.2, 0) is 4.79 Å². The van der Waals surface area contributed by atoms with Gasteiger partial charge >= 0.3 is 0 Å². The van der Waals surface area contributed by atoms with Crippen molar-refractivity contribution in [3.05, 3.63) is 77.9 Å². The van der Waals surface area contributed by atoms with Crippen LogP contribution in [0.3, 0.4) is 0 Å². The van der Waals surface area contributed by atoms with E-state index in [0.29, 0.717) is 0 Å². The van der Waals surface area contributed by atoms with Crippen molar-refractivity contribution in [2.45, 2.75) is 0 Å².